The molecule has 0 aromatic rings. The van der Waals surface area contributed by atoms with Crippen LogP contribution in [0.25, 0.3) is 0 Å². The third-order valence-electron chi connectivity index (χ3n) is 4.59. The van der Waals surface area contributed by atoms with Gasteiger partial charge in [-0.05, 0) is 38.3 Å². The molecular formula is C15H33IN4. The number of rotatable bonds is 7. The van der Waals surface area contributed by atoms with Crippen molar-refractivity contribution in [3.8, 4) is 0 Å². The van der Waals surface area contributed by atoms with Gasteiger partial charge in [-0.15, -0.1) is 24.0 Å². The van der Waals surface area contributed by atoms with Crippen LogP contribution >= 0.6 is 24.0 Å². The van der Waals surface area contributed by atoms with E-state index in [-0.39, 0.29) is 24.0 Å². The fourth-order valence-corrected chi connectivity index (χ4v) is 2.80. The first kappa shape index (κ1) is 20.0. The summed E-state index contributed by atoms with van der Waals surface area (Å²) in [6, 6.07) is 0. The highest BCUT2D eigenvalue weighted by atomic mass is 127. The molecule has 0 radical (unpaired) electrons. The zero-order valence-electron chi connectivity index (χ0n) is 13.7. The SMILES string of the molecule is CCN(C)CCNC(=NC)NCC1(CC)CCCC1.I. The van der Waals surface area contributed by atoms with E-state index >= 15 is 0 Å². The summed E-state index contributed by atoms with van der Waals surface area (Å²) in [5, 5.41) is 6.91. The van der Waals surface area contributed by atoms with Crippen LogP contribution in [-0.4, -0.2) is 51.1 Å². The molecule has 0 saturated heterocycles. The Labute approximate surface area is 142 Å². The van der Waals surface area contributed by atoms with Crippen molar-refractivity contribution in [2.75, 3.05) is 40.3 Å². The van der Waals surface area contributed by atoms with Crippen LogP contribution in [0.3, 0.4) is 0 Å². The van der Waals surface area contributed by atoms with E-state index in [2.05, 4.69) is 41.4 Å². The van der Waals surface area contributed by atoms with Crippen molar-refractivity contribution in [3.05, 3.63) is 0 Å². The fourth-order valence-electron chi connectivity index (χ4n) is 2.80. The second-order valence-electron chi connectivity index (χ2n) is 5.81. The summed E-state index contributed by atoms with van der Waals surface area (Å²) in [5.41, 5.74) is 0.512. The Bertz CT molecular complexity index is 275. The summed E-state index contributed by atoms with van der Waals surface area (Å²) in [7, 11) is 3.99. The summed E-state index contributed by atoms with van der Waals surface area (Å²) in [4.78, 5) is 6.61. The molecule has 1 saturated carbocycles. The first-order chi connectivity index (χ1) is 9.15. The largest absolute Gasteiger partial charge is 0.356 e. The number of nitrogens with zero attached hydrogens (tertiary/aromatic N) is 2. The Morgan fingerprint density at radius 2 is 1.85 bits per heavy atom. The van der Waals surface area contributed by atoms with Gasteiger partial charge in [0.05, 0.1) is 0 Å². The van der Waals surface area contributed by atoms with E-state index in [0.29, 0.717) is 5.41 Å². The Morgan fingerprint density at radius 3 is 2.35 bits per heavy atom. The van der Waals surface area contributed by atoms with Gasteiger partial charge in [-0.3, -0.25) is 4.99 Å². The summed E-state index contributed by atoms with van der Waals surface area (Å²) >= 11 is 0. The van der Waals surface area contributed by atoms with Crippen molar-refractivity contribution in [3.63, 3.8) is 0 Å². The topological polar surface area (TPSA) is 39.7 Å². The second kappa shape index (κ2) is 10.7. The minimum absolute atomic E-state index is 0. The van der Waals surface area contributed by atoms with Crippen LogP contribution in [0.15, 0.2) is 4.99 Å². The number of guanidine groups is 1. The molecule has 0 aliphatic heterocycles. The van der Waals surface area contributed by atoms with E-state index in [4.69, 9.17) is 0 Å². The number of nitrogens with one attached hydrogen (secondary N) is 2. The molecule has 0 amide bonds. The lowest BCUT2D eigenvalue weighted by atomic mass is 9.83. The van der Waals surface area contributed by atoms with Crippen molar-refractivity contribution in [1.82, 2.24) is 15.5 Å². The smallest absolute Gasteiger partial charge is 0.191 e. The molecule has 5 heteroatoms. The highest BCUT2D eigenvalue weighted by molar-refractivity contribution is 14.0. The summed E-state index contributed by atoms with van der Waals surface area (Å²) in [6.45, 7) is 8.65. The third kappa shape index (κ3) is 6.61. The zero-order valence-corrected chi connectivity index (χ0v) is 16.0. The predicted octanol–water partition coefficient (Wildman–Crippen LogP) is 2.69. The molecule has 1 rings (SSSR count). The van der Waals surface area contributed by atoms with Gasteiger partial charge in [-0.2, -0.15) is 0 Å². The van der Waals surface area contributed by atoms with Crippen LogP contribution in [0.2, 0.25) is 0 Å². The molecule has 2 N–H and O–H groups in total. The lowest BCUT2D eigenvalue weighted by Crippen LogP contribution is -2.44. The molecule has 20 heavy (non-hydrogen) atoms. The van der Waals surface area contributed by atoms with E-state index in [1.165, 1.54) is 32.1 Å². The maximum Gasteiger partial charge on any atom is 0.191 e. The number of aliphatic imine (C=N–C) groups is 1. The molecule has 1 aliphatic rings. The van der Waals surface area contributed by atoms with Crippen LogP contribution in [0.4, 0.5) is 0 Å². The minimum Gasteiger partial charge on any atom is -0.356 e. The second-order valence-corrected chi connectivity index (χ2v) is 5.81. The van der Waals surface area contributed by atoms with E-state index < -0.39 is 0 Å². The highest BCUT2D eigenvalue weighted by Gasteiger charge is 2.31. The van der Waals surface area contributed by atoms with Crippen molar-refractivity contribution in [2.24, 2.45) is 10.4 Å². The molecule has 0 heterocycles. The zero-order chi connectivity index (χ0) is 14.1. The van der Waals surface area contributed by atoms with Crippen LogP contribution in [0.5, 0.6) is 0 Å². The van der Waals surface area contributed by atoms with Gasteiger partial charge in [0.15, 0.2) is 5.96 Å². The molecule has 0 aromatic heterocycles. The molecule has 0 spiro atoms. The van der Waals surface area contributed by atoms with Crippen molar-refractivity contribution < 1.29 is 0 Å². The van der Waals surface area contributed by atoms with Gasteiger partial charge in [-0.25, -0.2) is 0 Å². The van der Waals surface area contributed by atoms with Crippen molar-refractivity contribution in [1.29, 1.82) is 0 Å². The minimum atomic E-state index is 0. The monoisotopic (exact) mass is 396 g/mol. The van der Waals surface area contributed by atoms with Gasteiger partial charge in [0.2, 0.25) is 0 Å². The lowest BCUT2D eigenvalue weighted by Gasteiger charge is -2.28. The Morgan fingerprint density at radius 1 is 1.20 bits per heavy atom. The molecule has 120 valence electrons. The average molecular weight is 396 g/mol. The van der Waals surface area contributed by atoms with Gasteiger partial charge >= 0.3 is 0 Å². The normalized spacial score (nSPS) is 17.9. The van der Waals surface area contributed by atoms with Crippen LogP contribution in [0.1, 0.15) is 46.0 Å². The Kier molecular flexibility index (Phi) is 10.6. The molecule has 0 atom stereocenters. The quantitative estimate of drug-likeness (QED) is 0.395. The molecule has 1 fully saturated rings. The summed E-state index contributed by atoms with van der Waals surface area (Å²) < 4.78 is 0. The Balaban J connectivity index is 0.00000361. The van der Waals surface area contributed by atoms with Crippen molar-refractivity contribution in [2.45, 2.75) is 46.0 Å². The highest BCUT2D eigenvalue weighted by Crippen LogP contribution is 2.40. The van der Waals surface area contributed by atoms with E-state index in [9.17, 15) is 0 Å². The number of likely N-dealkylation sites (N-methyl/N-ethyl adjacent to an activating group) is 1. The van der Waals surface area contributed by atoms with Crippen LogP contribution in [0, 0.1) is 5.41 Å². The van der Waals surface area contributed by atoms with Gasteiger partial charge in [0.1, 0.15) is 0 Å². The van der Waals surface area contributed by atoms with Gasteiger partial charge < -0.3 is 15.5 Å². The molecule has 0 bridgehead atoms. The molecule has 1 aliphatic carbocycles. The molecule has 4 nitrogen and oxygen atoms in total. The van der Waals surface area contributed by atoms with E-state index in [1.807, 2.05) is 7.05 Å². The van der Waals surface area contributed by atoms with E-state index in [1.54, 1.807) is 0 Å². The van der Waals surface area contributed by atoms with E-state index in [0.717, 1.165) is 32.1 Å². The summed E-state index contributed by atoms with van der Waals surface area (Å²) in [6.07, 6.45) is 6.79. The predicted molar refractivity (Wildman–Crippen MR) is 99.1 cm³/mol. The van der Waals surface area contributed by atoms with Gasteiger partial charge in [0.25, 0.3) is 0 Å². The lowest BCUT2D eigenvalue weighted by molar-refractivity contribution is 0.283. The molecular weight excluding hydrogens is 363 g/mol. The summed E-state index contributed by atoms with van der Waals surface area (Å²) in [5.74, 6) is 0.948. The first-order valence-electron chi connectivity index (χ1n) is 7.79. The number of hydrogen-bond acceptors (Lipinski definition) is 2. The van der Waals surface area contributed by atoms with Gasteiger partial charge in [-0.1, -0.05) is 26.7 Å². The van der Waals surface area contributed by atoms with Gasteiger partial charge in [0, 0.05) is 26.7 Å². The average Bonchev–Trinajstić information content (AvgIpc) is 2.91. The maximum absolute atomic E-state index is 4.31. The standard InChI is InChI=1S/C15H32N4.HI/c1-5-15(9-7-8-10-15)13-18-14(16-3)17-11-12-19(4)6-2;/h5-13H2,1-4H3,(H2,16,17,18);1H. The van der Waals surface area contributed by atoms with Crippen LogP contribution < -0.4 is 10.6 Å². The fraction of sp³-hybridized carbons (Fsp3) is 0.933. The molecule has 0 unspecified atom stereocenters. The van der Waals surface area contributed by atoms with Crippen molar-refractivity contribution >= 4 is 29.9 Å². The van der Waals surface area contributed by atoms with Crippen LogP contribution in [-0.2, 0) is 0 Å². The number of hydrogen-bond donors (Lipinski definition) is 2. The first-order valence-corrected chi connectivity index (χ1v) is 7.79. The number of halogens is 1. The maximum atomic E-state index is 4.31. The molecule has 0 aromatic carbocycles. The third-order valence-corrected chi connectivity index (χ3v) is 4.59. The Hall–Kier alpha value is -0.0400.